The summed E-state index contributed by atoms with van der Waals surface area (Å²) in [4.78, 5) is 50.9. The summed E-state index contributed by atoms with van der Waals surface area (Å²) >= 11 is 0. The molecule has 0 saturated heterocycles. The lowest BCUT2D eigenvalue weighted by Crippen LogP contribution is -2.50. The molecule has 0 saturated carbocycles. The number of hydrogen-bond acceptors (Lipinski definition) is 5. The van der Waals surface area contributed by atoms with Crippen LogP contribution in [0.3, 0.4) is 0 Å². The number of imide groups is 1. The number of hydrogen-bond donors (Lipinski definition) is 2. The summed E-state index contributed by atoms with van der Waals surface area (Å²) < 4.78 is 1.88. The molecule has 0 bridgehead atoms. The van der Waals surface area contributed by atoms with E-state index in [2.05, 4.69) is 10.4 Å². The van der Waals surface area contributed by atoms with Gasteiger partial charge in [0.2, 0.25) is 11.8 Å². The van der Waals surface area contributed by atoms with Crippen LogP contribution in [0.5, 0.6) is 0 Å². The molecular formula is C22H27N5O4. The van der Waals surface area contributed by atoms with Gasteiger partial charge in [0.1, 0.15) is 6.04 Å². The molecule has 31 heavy (non-hydrogen) atoms. The van der Waals surface area contributed by atoms with Gasteiger partial charge >= 0.3 is 0 Å². The zero-order valence-corrected chi connectivity index (χ0v) is 17.9. The lowest BCUT2D eigenvalue weighted by Gasteiger charge is -2.26. The van der Waals surface area contributed by atoms with Crippen molar-refractivity contribution >= 4 is 23.6 Å². The lowest BCUT2D eigenvalue weighted by atomic mass is 10.1. The van der Waals surface area contributed by atoms with Crippen LogP contribution in [0.1, 0.15) is 51.9 Å². The Morgan fingerprint density at radius 1 is 1.13 bits per heavy atom. The van der Waals surface area contributed by atoms with Gasteiger partial charge < -0.3 is 11.1 Å². The molecule has 1 aromatic carbocycles. The summed E-state index contributed by atoms with van der Waals surface area (Å²) in [5.41, 5.74) is 7.70. The van der Waals surface area contributed by atoms with E-state index >= 15 is 0 Å². The number of aryl methyl sites for hydroxylation is 2. The van der Waals surface area contributed by atoms with E-state index in [1.54, 1.807) is 24.3 Å². The first-order valence-electron chi connectivity index (χ1n) is 10.2. The van der Waals surface area contributed by atoms with Crippen molar-refractivity contribution in [2.45, 2.75) is 46.2 Å². The molecule has 0 unspecified atom stereocenters. The van der Waals surface area contributed by atoms with Crippen LogP contribution in [0.25, 0.3) is 0 Å². The second kappa shape index (κ2) is 9.11. The van der Waals surface area contributed by atoms with E-state index < -0.39 is 29.7 Å². The Kier molecular flexibility index (Phi) is 6.53. The maximum absolute atomic E-state index is 13.0. The summed E-state index contributed by atoms with van der Waals surface area (Å²) in [7, 11) is 0. The third-order valence-electron chi connectivity index (χ3n) is 5.32. The number of fused-ring (bicyclic) bond motifs is 1. The minimum absolute atomic E-state index is 0.0293. The van der Waals surface area contributed by atoms with Crippen molar-refractivity contribution in [3.63, 3.8) is 0 Å². The van der Waals surface area contributed by atoms with Gasteiger partial charge in [-0.1, -0.05) is 19.1 Å². The van der Waals surface area contributed by atoms with Crippen LogP contribution in [0.4, 0.5) is 0 Å². The highest BCUT2D eigenvalue weighted by molar-refractivity contribution is 6.22. The number of amides is 4. The molecule has 3 rings (SSSR count). The fourth-order valence-corrected chi connectivity index (χ4v) is 3.76. The number of carbonyl (C=O) groups excluding carboxylic acids is 4. The number of carbonyl (C=O) groups is 4. The molecule has 1 aliphatic heterocycles. The molecular weight excluding hydrogens is 398 g/mol. The van der Waals surface area contributed by atoms with E-state index in [4.69, 9.17) is 5.73 Å². The molecule has 9 heteroatoms. The number of nitrogens with zero attached hydrogens (tertiary/aromatic N) is 3. The Morgan fingerprint density at radius 2 is 1.74 bits per heavy atom. The Labute approximate surface area is 180 Å². The predicted molar refractivity (Wildman–Crippen MR) is 113 cm³/mol. The summed E-state index contributed by atoms with van der Waals surface area (Å²) in [5.74, 6) is -2.12. The lowest BCUT2D eigenvalue weighted by molar-refractivity contribution is -0.125. The van der Waals surface area contributed by atoms with E-state index in [0.717, 1.165) is 16.3 Å². The molecule has 0 radical (unpaired) electrons. The van der Waals surface area contributed by atoms with Gasteiger partial charge in [0.05, 0.1) is 16.8 Å². The molecule has 2 aromatic rings. The standard InChI is InChI=1S/C22H27N5O4/c1-13(12-26-15(3)10-14(2)25-26)11-24-20(29)18(8-9-19(23)28)27-21(30)16-6-4-5-7-17(16)22(27)31/h4-7,10,13,18H,8-9,11-12H2,1-3H3,(H2,23,28)(H,24,29)/t13-,18+/m0/s1. The molecule has 4 amide bonds. The van der Waals surface area contributed by atoms with Crippen molar-refractivity contribution in [1.29, 1.82) is 0 Å². The highest BCUT2D eigenvalue weighted by Crippen LogP contribution is 2.26. The van der Waals surface area contributed by atoms with Crippen LogP contribution in [0.15, 0.2) is 30.3 Å². The molecule has 0 spiro atoms. The Hall–Kier alpha value is -3.49. The first-order valence-corrected chi connectivity index (χ1v) is 10.2. The van der Waals surface area contributed by atoms with Gasteiger partial charge in [0.15, 0.2) is 0 Å². The van der Waals surface area contributed by atoms with Crippen molar-refractivity contribution in [2.75, 3.05) is 6.54 Å². The van der Waals surface area contributed by atoms with Gasteiger partial charge in [-0.15, -0.1) is 0 Å². The number of nitrogens with one attached hydrogen (secondary N) is 1. The fourth-order valence-electron chi connectivity index (χ4n) is 3.76. The number of nitrogens with two attached hydrogens (primary N) is 1. The molecule has 2 heterocycles. The maximum Gasteiger partial charge on any atom is 0.262 e. The van der Waals surface area contributed by atoms with Crippen LogP contribution in [0, 0.1) is 19.8 Å². The van der Waals surface area contributed by atoms with Crippen molar-refractivity contribution in [2.24, 2.45) is 11.7 Å². The normalized spacial score (nSPS) is 15.0. The minimum atomic E-state index is -1.11. The molecule has 164 valence electrons. The van der Waals surface area contributed by atoms with Gasteiger partial charge in [0.25, 0.3) is 11.8 Å². The Balaban J connectivity index is 1.71. The highest BCUT2D eigenvalue weighted by Gasteiger charge is 2.42. The van der Waals surface area contributed by atoms with Crippen LogP contribution in [-0.4, -0.2) is 50.9 Å². The van der Waals surface area contributed by atoms with Crippen LogP contribution >= 0.6 is 0 Å². The van der Waals surface area contributed by atoms with Gasteiger partial charge in [-0.25, -0.2) is 0 Å². The van der Waals surface area contributed by atoms with Crippen molar-refractivity contribution in [3.05, 3.63) is 52.8 Å². The molecule has 0 aliphatic carbocycles. The third kappa shape index (κ3) is 4.82. The molecule has 1 aliphatic rings. The zero-order valence-electron chi connectivity index (χ0n) is 17.9. The van der Waals surface area contributed by atoms with Crippen molar-refractivity contribution in [1.82, 2.24) is 20.0 Å². The highest BCUT2D eigenvalue weighted by atomic mass is 16.2. The van der Waals surface area contributed by atoms with E-state index in [1.165, 1.54) is 0 Å². The maximum atomic E-state index is 13.0. The summed E-state index contributed by atoms with van der Waals surface area (Å²) in [6.07, 6.45) is -0.148. The largest absolute Gasteiger partial charge is 0.370 e. The molecule has 9 nitrogen and oxygen atoms in total. The minimum Gasteiger partial charge on any atom is -0.370 e. The summed E-state index contributed by atoms with van der Waals surface area (Å²) in [6, 6.07) is 7.29. The van der Waals surface area contributed by atoms with Gasteiger partial charge in [-0.3, -0.25) is 28.8 Å². The van der Waals surface area contributed by atoms with Crippen LogP contribution in [-0.2, 0) is 16.1 Å². The van der Waals surface area contributed by atoms with E-state index in [-0.39, 0.29) is 29.9 Å². The zero-order chi connectivity index (χ0) is 22.7. The molecule has 0 fully saturated rings. The number of rotatable bonds is 9. The number of aromatic nitrogens is 2. The molecule has 2 atom stereocenters. The fraction of sp³-hybridized carbons (Fsp3) is 0.409. The van der Waals surface area contributed by atoms with E-state index in [0.29, 0.717) is 13.1 Å². The smallest absolute Gasteiger partial charge is 0.262 e. The second-order valence-corrected chi connectivity index (χ2v) is 8.01. The monoisotopic (exact) mass is 425 g/mol. The van der Waals surface area contributed by atoms with Gasteiger partial charge in [-0.2, -0.15) is 5.10 Å². The summed E-state index contributed by atoms with van der Waals surface area (Å²) in [5, 5.41) is 7.24. The second-order valence-electron chi connectivity index (χ2n) is 8.01. The Bertz CT molecular complexity index is 994. The Morgan fingerprint density at radius 3 is 2.26 bits per heavy atom. The first kappa shape index (κ1) is 22.2. The quantitative estimate of drug-likeness (QED) is 0.583. The van der Waals surface area contributed by atoms with Gasteiger partial charge in [0, 0.05) is 25.2 Å². The topological polar surface area (TPSA) is 127 Å². The number of primary amides is 1. The average Bonchev–Trinajstić information content (AvgIpc) is 3.16. The van der Waals surface area contributed by atoms with Gasteiger partial charge in [-0.05, 0) is 44.4 Å². The van der Waals surface area contributed by atoms with E-state index in [1.807, 2.05) is 31.5 Å². The van der Waals surface area contributed by atoms with Crippen LogP contribution < -0.4 is 11.1 Å². The first-order chi connectivity index (χ1) is 14.7. The summed E-state index contributed by atoms with van der Waals surface area (Å²) in [6.45, 7) is 6.79. The third-order valence-corrected chi connectivity index (χ3v) is 5.32. The molecule has 1 aromatic heterocycles. The number of benzene rings is 1. The predicted octanol–water partition coefficient (Wildman–Crippen LogP) is 1.18. The molecule has 3 N–H and O–H groups in total. The van der Waals surface area contributed by atoms with Crippen molar-refractivity contribution in [3.8, 4) is 0 Å². The van der Waals surface area contributed by atoms with Crippen LogP contribution in [0.2, 0.25) is 0 Å². The van der Waals surface area contributed by atoms with E-state index in [9.17, 15) is 19.2 Å². The SMILES string of the molecule is Cc1cc(C)n(C[C@@H](C)CNC(=O)[C@@H](CCC(N)=O)N2C(=O)c3ccccc3C2=O)n1. The van der Waals surface area contributed by atoms with Crippen molar-refractivity contribution < 1.29 is 19.2 Å². The average molecular weight is 425 g/mol.